The van der Waals surface area contributed by atoms with Gasteiger partial charge in [-0.2, -0.15) is 0 Å². The largest absolute Gasteiger partial charge is 0.450 e. The van der Waals surface area contributed by atoms with Gasteiger partial charge in [-0.05, 0) is 57.1 Å². The maximum atomic E-state index is 13.4. The average Bonchev–Trinajstić information content (AvgIpc) is 2.88. The van der Waals surface area contributed by atoms with Crippen molar-refractivity contribution in [3.05, 3.63) is 77.9 Å². The molecule has 0 aliphatic carbocycles. The molecule has 0 radical (unpaired) electrons. The number of nitrogens with zero attached hydrogens (tertiary/aromatic N) is 2. The summed E-state index contributed by atoms with van der Waals surface area (Å²) in [5, 5.41) is 0. The van der Waals surface area contributed by atoms with Gasteiger partial charge in [0, 0.05) is 37.0 Å². The summed E-state index contributed by atoms with van der Waals surface area (Å²) in [4.78, 5) is 18.5. The highest BCUT2D eigenvalue weighted by Crippen LogP contribution is 2.51. The van der Waals surface area contributed by atoms with E-state index in [-0.39, 0.29) is 36.2 Å². The Balaban J connectivity index is 0.00000361. The molecule has 3 rings (SSSR count). The standard InChI is InChI=1S/C32H46N2O2.2ClH/c1-6-8-22-34(23-9-7-2)26-31(4)25-33(5)27(3)24-32(31,29-18-14-11-15-19-29)36-30(35)21-20-28-16-12-10-13-17-28;;/h10-21,27H,6-9,22-26H2,1-5H3;2*1H/b21-20+;;. The van der Waals surface area contributed by atoms with Crippen molar-refractivity contribution < 1.29 is 9.53 Å². The summed E-state index contributed by atoms with van der Waals surface area (Å²) in [6, 6.07) is 20.7. The van der Waals surface area contributed by atoms with E-state index in [1.165, 1.54) is 25.7 Å². The van der Waals surface area contributed by atoms with Crippen LogP contribution in [-0.2, 0) is 15.1 Å². The minimum absolute atomic E-state index is 0. The minimum atomic E-state index is -0.713. The van der Waals surface area contributed by atoms with Crippen molar-refractivity contribution in [2.75, 3.05) is 33.2 Å². The molecule has 1 aliphatic rings. The second kappa shape index (κ2) is 16.3. The van der Waals surface area contributed by atoms with E-state index in [4.69, 9.17) is 4.74 Å². The van der Waals surface area contributed by atoms with E-state index in [0.29, 0.717) is 6.04 Å². The fourth-order valence-electron chi connectivity index (χ4n) is 5.69. The van der Waals surface area contributed by atoms with Gasteiger partial charge in [0.2, 0.25) is 0 Å². The number of rotatable bonds is 12. The lowest BCUT2D eigenvalue weighted by Crippen LogP contribution is -2.63. The van der Waals surface area contributed by atoms with Crippen LogP contribution >= 0.6 is 24.8 Å². The Morgan fingerprint density at radius 2 is 1.55 bits per heavy atom. The number of carbonyl (C=O) groups excluding carboxylic acids is 1. The number of halogens is 2. The minimum Gasteiger partial charge on any atom is -0.450 e. The molecule has 0 saturated carbocycles. The van der Waals surface area contributed by atoms with E-state index in [0.717, 1.165) is 43.7 Å². The lowest BCUT2D eigenvalue weighted by Gasteiger charge is -2.57. The highest BCUT2D eigenvalue weighted by atomic mass is 35.5. The summed E-state index contributed by atoms with van der Waals surface area (Å²) in [5.74, 6) is -0.278. The van der Waals surface area contributed by atoms with E-state index in [9.17, 15) is 4.79 Å². The molecule has 0 N–H and O–H groups in total. The van der Waals surface area contributed by atoms with Crippen LogP contribution in [0.4, 0.5) is 0 Å². The van der Waals surface area contributed by atoms with Crippen LogP contribution in [0.2, 0.25) is 0 Å². The van der Waals surface area contributed by atoms with Crippen LogP contribution in [0, 0.1) is 5.41 Å². The van der Waals surface area contributed by atoms with Crippen molar-refractivity contribution in [3.63, 3.8) is 0 Å². The average molecular weight is 564 g/mol. The van der Waals surface area contributed by atoms with E-state index in [2.05, 4.69) is 68.8 Å². The topological polar surface area (TPSA) is 32.8 Å². The number of benzene rings is 2. The van der Waals surface area contributed by atoms with Crippen molar-refractivity contribution in [2.45, 2.75) is 71.4 Å². The van der Waals surface area contributed by atoms with Crippen molar-refractivity contribution in [1.29, 1.82) is 0 Å². The summed E-state index contributed by atoms with van der Waals surface area (Å²) < 4.78 is 6.65. The summed E-state index contributed by atoms with van der Waals surface area (Å²) in [5.41, 5.74) is 1.11. The zero-order chi connectivity index (χ0) is 26.0. The first-order chi connectivity index (χ1) is 17.3. The molecule has 1 saturated heterocycles. The third-order valence-corrected chi connectivity index (χ3v) is 7.86. The van der Waals surface area contributed by atoms with Gasteiger partial charge in [-0.3, -0.25) is 0 Å². The molecule has 212 valence electrons. The third kappa shape index (κ3) is 8.58. The number of likely N-dealkylation sites (tertiary alicyclic amines) is 1. The number of carbonyl (C=O) groups is 1. The van der Waals surface area contributed by atoms with Crippen LogP contribution < -0.4 is 0 Å². The smallest absolute Gasteiger partial charge is 0.331 e. The first-order valence-electron chi connectivity index (χ1n) is 13.8. The number of unbranched alkanes of at least 4 members (excludes halogenated alkanes) is 2. The lowest BCUT2D eigenvalue weighted by atomic mass is 9.63. The van der Waals surface area contributed by atoms with Gasteiger partial charge in [-0.15, -0.1) is 24.8 Å². The second-order valence-electron chi connectivity index (χ2n) is 10.9. The molecule has 3 unspecified atom stereocenters. The van der Waals surface area contributed by atoms with Gasteiger partial charge in [0.05, 0.1) is 0 Å². The van der Waals surface area contributed by atoms with Crippen LogP contribution in [0.25, 0.3) is 6.08 Å². The maximum Gasteiger partial charge on any atom is 0.331 e. The van der Waals surface area contributed by atoms with Gasteiger partial charge in [0.1, 0.15) is 5.60 Å². The fraction of sp³-hybridized carbons (Fsp3) is 0.531. The van der Waals surface area contributed by atoms with Crippen LogP contribution in [0.1, 0.15) is 70.9 Å². The highest BCUT2D eigenvalue weighted by Gasteiger charge is 2.57. The Bertz CT molecular complexity index is 964. The molecule has 2 aromatic rings. The van der Waals surface area contributed by atoms with E-state index in [1.807, 2.05) is 42.5 Å². The molecular weight excluding hydrogens is 515 g/mol. The molecule has 3 atom stereocenters. The van der Waals surface area contributed by atoms with Gasteiger partial charge >= 0.3 is 5.97 Å². The Labute approximate surface area is 243 Å². The summed E-state index contributed by atoms with van der Waals surface area (Å²) in [6.45, 7) is 13.0. The van der Waals surface area contributed by atoms with Gasteiger partial charge < -0.3 is 14.5 Å². The third-order valence-electron chi connectivity index (χ3n) is 7.86. The predicted molar refractivity (Wildman–Crippen MR) is 165 cm³/mol. The summed E-state index contributed by atoms with van der Waals surface area (Å²) in [6.07, 6.45) is 8.94. The predicted octanol–water partition coefficient (Wildman–Crippen LogP) is 7.61. The Hall–Kier alpha value is -1.85. The number of hydrogen-bond donors (Lipinski definition) is 0. The van der Waals surface area contributed by atoms with Crippen molar-refractivity contribution >= 4 is 36.9 Å². The first-order valence-corrected chi connectivity index (χ1v) is 13.8. The molecule has 1 heterocycles. The normalized spacial score (nSPS) is 23.6. The molecule has 0 spiro atoms. The quantitative estimate of drug-likeness (QED) is 0.197. The van der Waals surface area contributed by atoms with Crippen LogP contribution in [-0.4, -0.2) is 55.0 Å². The van der Waals surface area contributed by atoms with Gasteiger partial charge in [-0.1, -0.05) is 94.3 Å². The lowest BCUT2D eigenvalue weighted by molar-refractivity contribution is -0.197. The van der Waals surface area contributed by atoms with Crippen molar-refractivity contribution in [3.8, 4) is 0 Å². The van der Waals surface area contributed by atoms with E-state index < -0.39 is 5.60 Å². The second-order valence-corrected chi connectivity index (χ2v) is 10.9. The zero-order valence-corrected chi connectivity index (χ0v) is 25.5. The van der Waals surface area contributed by atoms with Crippen molar-refractivity contribution in [1.82, 2.24) is 9.80 Å². The fourth-order valence-corrected chi connectivity index (χ4v) is 5.69. The summed E-state index contributed by atoms with van der Waals surface area (Å²) in [7, 11) is 2.21. The van der Waals surface area contributed by atoms with Gasteiger partial charge in [0.25, 0.3) is 0 Å². The number of esters is 1. The number of hydrogen-bond acceptors (Lipinski definition) is 4. The zero-order valence-electron chi connectivity index (χ0n) is 23.9. The molecule has 6 heteroatoms. The SMILES string of the molecule is CCCCN(CCCC)CC1(C)CN(C)C(C)CC1(OC(=O)/C=C/c1ccccc1)c1ccccc1.Cl.Cl. The van der Waals surface area contributed by atoms with Crippen LogP contribution in [0.3, 0.4) is 0 Å². The van der Waals surface area contributed by atoms with Gasteiger partial charge in [-0.25, -0.2) is 4.79 Å². The number of ether oxygens (including phenoxy) is 1. The molecular formula is C32H48Cl2N2O2. The Kier molecular flexibility index (Phi) is 14.7. The van der Waals surface area contributed by atoms with Gasteiger partial charge in [0.15, 0.2) is 0 Å². The van der Waals surface area contributed by atoms with Crippen molar-refractivity contribution in [2.24, 2.45) is 5.41 Å². The highest BCUT2D eigenvalue weighted by molar-refractivity contribution is 5.87. The van der Waals surface area contributed by atoms with E-state index in [1.54, 1.807) is 6.08 Å². The Morgan fingerprint density at radius 1 is 1.00 bits per heavy atom. The van der Waals surface area contributed by atoms with Crippen LogP contribution in [0.5, 0.6) is 0 Å². The molecule has 1 aliphatic heterocycles. The molecule has 38 heavy (non-hydrogen) atoms. The van der Waals surface area contributed by atoms with Crippen LogP contribution in [0.15, 0.2) is 66.7 Å². The maximum absolute atomic E-state index is 13.4. The molecule has 0 aromatic heterocycles. The van der Waals surface area contributed by atoms with E-state index >= 15 is 0 Å². The monoisotopic (exact) mass is 562 g/mol. The first kappa shape index (κ1) is 34.2. The molecule has 0 amide bonds. The number of piperidine rings is 1. The molecule has 4 nitrogen and oxygen atoms in total. The molecule has 1 fully saturated rings. The molecule has 2 aromatic carbocycles. The Morgan fingerprint density at radius 3 is 2.11 bits per heavy atom. The summed E-state index contributed by atoms with van der Waals surface area (Å²) >= 11 is 0. The molecule has 0 bridgehead atoms.